The molecule has 29 heavy (non-hydrogen) atoms. The van der Waals surface area contributed by atoms with E-state index in [9.17, 15) is 4.79 Å². The molecular formula is C22H30N4O3. The third kappa shape index (κ3) is 4.61. The summed E-state index contributed by atoms with van der Waals surface area (Å²) in [4.78, 5) is 25.4. The van der Waals surface area contributed by atoms with Gasteiger partial charge in [0.1, 0.15) is 12.0 Å². The van der Waals surface area contributed by atoms with Crippen molar-refractivity contribution in [3.8, 4) is 11.6 Å². The van der Waals surface area contributed by atoms with Gasteiger partial charge in [0.2, 0.25) is 5.89 Å². The number of oxazole rings is 1. The van der Waals surface area contributed by atoms with Gasteiger partial charge < -0.3 is 19.0 Å². The van der Waals surface area contributed by atoms with Crippen molar-refractivity contribution >= 4 is 6.09 Å². The maximum Gasteiger partial charge on any atom is 0.409 e. The largest absolute Gasteiger partial charge is 0.450 e. The molecule has 0 radical (unpaired) electrons. The summed E-state index contributed by atoms with van der Waals surface area (Å²) in [5, 5.41) is 0. The van der Waals surface area contributed by atoms with Crippen molar-refractivity contribution in [1.82, 2.24) is 19.8 Å². The van der Waals surface area contributed by atoms with Crippen LogP contribution in [0.3, 0.4) is 0 Å². The van der Waals surface area contributed by atoms with Gasteiger partial charge in [-0.15, -0.1) is 0 Å². The van der Waals surface area contributed by atoms with Crippen molar-refractivity contribution in [3.05, 3.63) is 36.4 Å². The Hall–Kier alpha value is -2.41. The normalized spacial score (nSPS) is 21.7. The Balaban J connectivity index is 1.35. The number of hydrogen-bond donors (Lipinski definition) is 0. The first-order valence-corrected chi connectivity index (χ1v) is 10.8. The number of rotatable bonds is 4. The van der Waals surface area contributed by atoms with E-state index in [1.54, 1.807) is 18.7 Å². The van der Waals surface area contributed by atoms with Gasteiger partial charge in [-0.05, 0) is 69.7 Å². The summed E-state index contributed by atoms with van der Waals surface area (Å²) in [6.07, 6.45) is 10.3. The quantitative estimate of drug-likeness (QED) is 0.777. The Morgan fingerprint density at radius 1 is 1.14 bits per heavy atom. The minimum atomic E-state index is -0.164. The SMILES string of the molecule is CCOC(=O)N1CCCC(N2CCC(c3cccnc3-c3ncco3)CC2)CC1. The van der Waals surface area contributed by atoms with Gasteiger partial charge in [0.05, 0.1) is 12.8 Å². The fourth-order valence-electron chi connectivity index (χ4n) is 4.68. The Kier molecular flexibility index (Phi) is 6.44. The number of carbonyl (C=O) groups is 1. The second kappa shape index (κ2) is 9.39. The number of nitrogens with zero attached hydrogens (tertiary/aromatic N) is 4. The van der Waals surface area contributed by atoms with Crippen LogP contribution in [0.4, 0.5) is 4.79 Å². The lowest BCUT2D eigenvalue weighted by atomic mass is 9.87. The average molecular weight is 399 g/mol. The lowest BCUT2D eigenvalue weighted by Crippen LogP contribution is -2.41. The van der Waals surface area contributed by atoms with E-state index in [2.05, 4.69) is 20.9 Å². The summed E-state index contributed by atoms with van der Waals surface area (Å²) in [6, 6.07) is 4.72. The Morgan fingerprint density at radius 3 is 2.76 bits per heavy atom. The summed E-state index contributed by atoms with van der Waals surface area (Å²) in [7, 11) is 0. The van der Waals surface area contributed by atoms with Gasteiger partial charge in [0, 0.05) is 25.3 Å². The zero-order valence-electron chi connectivity index (χ0n) is 17.1. The van der Waals surface area contributed by atoms with Crippen molar-refractivity contribution in [3.63, 3.8) is 0 Å². The fraction of sp³-hybridized carbons (Fsp3) is 0.591. The van der Waals surface area contributed by atoms with Gasteiger partial charge in [-0.2, -0.15) is 0 Å². The van der Waals surface area contributed by atoms with Crippen LogP contribution in [0.15, 0.2) is 35.2 Å². The van der Waals surface area contributed by atoms with E-state index < -0.39 is 0 Å². The van der Waals surface area contributed by atoms with Gasteiger partial charge in [-0.25, -0.2) is 9.78 Å². The summed E-state index contributed by atoms with van der Waals surface area (Å²) in [6.45, 7) is 6.05. The number of piperidine rings is 1. The predicted octanol–water partition coefficient (Wildman–Crippen LogP) is 3.93. The van der Waals surface area contributed by atoms with E-state index in [-0.39, 0.29) is 6.09 Å². The topological polar surface area (TPSA) is 71.7 Å². The highest BCUT2D eigenvalue weighted by Gasteiger charge is 2.30. The average Bonchev–Trinajstić information content (AvgIpc) is 3.18. The minimum Gasteiger partial charge on any atom is -0.450 e. The highest BCUT2D eigenvalue weighted by atomic mass is 16.6. The van der Waals surface area contributed by atoms with Crippen molar-refractivity contribution in [2.24, 2.45) is 0 Å². The molecule has 0 saturated carbocycles. The van der Waals surface area contributed by atoms with Gasteiger partial charge >= 0.3 is 6.09 Å². The zero-order valence-corrected chi connectivity index (χ0v) is 17.1. The molecule has 156 valence electrons. The number of aromatic nitrogens is 2. The summed E-state index contributed by atoms with van der Waals surface area (Å²) in [5.41, 5.74) is 2.11. The van der Waals surface area contributed by atoms with E-state index >= 15 is 0 Å². The van der Waals surface area contributed by atoms with Crippen LogP contribution in [0, 0.1) is 0 Å². The molecule has 2 aliphatic heterocycles. The minimum absolute atomic E-state index is 0.164. The van der Waals surface area contributed by atoms with E-state index in [4.69, 9.17) is 9.15 Å². The Morgan fingerprint density at radius 2 is 2.00 bits per heavy atom. The van der Waals surface area contributed by atoms with Gasteiger partial charge in [0.15, 0.2) is 0 Å². The van der Waals surface area contributed by atoms with Crippen LogP contribution in [0.2, 0.25) is 0 Å². The fourth-order valence-corrected chi connectivity index (χ4v) is 4.68. The van der Waals surface area contributed by atoms with Gasteiger partial charge in [-0.3, -0.25) is 4.98 Å². The van der Waals surface area contributed by atoms with E-state index in [1.807, 2.05) is 17.9 Å². The number of likely N-dealkylation sites (tertiary alicyclic amines) is 2. The lowest BCUT2D eigenvalue weighted by molar-refractivity contribution is 0.105. The molecule has 4 heterocycles. The number of carbonyl (C=O) groups excluding carboxylic acids is 1. The van der Waals surface area contributed by atoms with Gasteiger partial charge in [0.25, 0.3) is 0 Å². The lowest BCUT2D eigenvalue weighted by Gasteiger charge is -2.37. The zero-order chi connectivity index (χ0) is 20.1. The maximum absolute atomic E-state index is 12.0. The molecule has 0 aliphatic carbocycles. The van der Waals surface area contributed by atoms with Crippen molar-refractivity contribution in [2.45, 2.75) is 51.0 Å². The molecule has 2 aromatic rings. The summed E-state index contributed by atoms with van der Waals surface area (Å²) in [5.74, 6) is 1.08. The van der Waals surface area contributed by atoms with Crippen molar-refractivity contribution in [2.75, 3.05) is 32.8 Å². The van der Waals surface area contributed by atoms with Crippen LogP contribution >= 0.6 is 0 Å². The van der Waals surface area contributed by atoms with Crippen molar-refractivity contribution < 1.29 is 13.9 Å². The molecule has 0 spiro atoms. The molecule has 2 fully saturated rings. The van der Waals surface area contributed by atoms with E-state index in [1.165, 1.54) is 5.56 Å². The van der Waals surface area contributed by atoms with E-state index in [0.29, 0.717) is 24.5 Å². The number of pyridine rings is 1. The number of hydrogen-bond acceptors (Lipinski definition) is 6. The highest BCUT2D eigenvalue weighted by molar-refractivity contribution is 5.67. The molecule has 1 unspecified atom stereocenters. The third-order valence-electron chi connectivity index (χ3n) is 6.18. The van der Waals surface area contributed by atoms with Gasteiger partial charge in [-0.1, -0.05) is 6.07 Å². The molecule has 2 aromatic heterocycles. The van der Waals surface area contributed by atoms with Crippen LogP contribution in [0.25, 0.3) is 11.6 Å². The first-order chi connectivity index (χ1) is 14.3. The molecule has 2 aliphatic rings. The highest BCUT2D eigenvalue weighted by Crippen LogP contribution is 2.34. The molecule has 7 nitrogen and oxygen atoms in total. The monoisotopic (exact) mass is 398 g/mol. The number of amides is 1. The first kappa shape index (κ1) is 19.9. The maximum atomic E-state index is 12.0. The first-order valence-electron chi connectivity index (χ1n) is 10.8. The standard InChI is InChI=1S/C22H30N4O3/c1-2-28-22(27)26-12-4-5-18(9-15-26)25-13-7-17(8-14-25)19-6-3-10-23-20(19)21-24-11-16-29-21/h3,6,10-11,16-18H,2,4-5,7-9,12-15H2,1H3. The van der Waals surface area contributed by atoms with Crippen LogP contribution in [-0.4, -0.2) is 64.7 Å². The molecule has 1 amide bonds. The van der Waals surface area contributed by atoms with Crippen LogP contribution < -0.4 is 0 Å². The summed E-state index contributed by atoms with van der Waals surface area (Å²) >= 11 is 0. The third-order valence-corrected chi connectivity index (χ3v) is 6.18. The molecular weight excluding hydrogens is 368 g/mol. The Labute approximate surface area is 172 Å². The second-order valence-corrected chi connectivity index (χ2v) is 7.86. The number of ether oxygens (including phenoxy) is 1. The molecule has 0 aromatic carbocycles. The predicted molar refractivity (Wildman–Crippen MR) is 110 cm³/mol. The molecule has 7 heteroatoms. The smallest absolute Gasteiger partial charge is 0.409 e. The van der Waals surface area contributed by atoms with Crippen LogP contribution in [0.5, 0.6) is 0 Å². The summed E-state index contributed by atoms with van der Waals surface area (Å²) < 4.78 is 10.7. The molecule has 0 N–H and O–H groups in total. The molecule has 0 bridgehead atoms. The Bertz CT molecular complexity index is 787. The van der Waals surface area contributed by atoms with E-state index in [0.717, 1.165) is 64.0 Å². The van der Waals surface area contributed by atoms with Crippen molar-refractivity contribution in [1.29, 1.82) is 0 Å². The molecule has 2 saturated heterocycles. The van der Waals surface area contributed by atoms with Crippen LogP contribution in [0.1, 0.15) is 50.5 Å². The second-order valence-electron chi connectivity index (χ2n) is 7.86. The molecule has 1 atom stereocenters. The molecule has 4 rings (SSSR count). The van der Waals surface area contributed by atoms with Crippen LogP contribution in [-0.2, 0) is 4.74 Å².